The zero-order valence-electron chi connectivity index (χ0n) is 10.4. The summed E-state index contributed by atoms with van der Waals surface area (Å²) in [5, 5.41) is 8.89. The van der Waals surface area contributed by atoms with Crippen LogP contribution in [-0.4, -0.2) is 22.6 Å². The monoisotopic (exact) mass is 212 g/mol. The minimum atomic E-state index is -0.578. The standard InChI is InChI=1S/C11H20N2O2/c1-8(2)9(3)13(7-12)10(14)15-11(4,5)6/h8-9H,1-6H3. The van der Waals surface area contributed by atoms with Gasteiger partial charge in [0.15, 0.2) is 6.19 Å². The first-order valence-electron chi connectivity index (χ1n) is 5.11. The van der Waals surface area contributed by atoms with Gasteiger partial charge in [0.25, 0.3) is 0 Å². The van der Waals surface area contributed by atoms with Gasteiger partial charge in [-0.2, -0.15) is 5.26 Å². The number of nitrogens with zero attached hydrogens (tertiary/aromatic N) is 2. The zero-order valence-corrected chi connectivity index (χ0v) is 10.4. The van der Waals surface area contributed by atoms with E-state index in [1.54, 1.807) is 20.8 Å². The molecule has 0 aliphatic heterocycles. The Kier molecular flexibility index (Phi) is 4.60. The van der Waals surface area contributed by atoms with Crippen LogP contribution in [0.25, 0.3) is 0 Å². The summed E-state index contributed by atoms with van der Waals surface area (Å²) in [6, 6.07) is -0.148. The molecule has 0 saturated carbocycles. The van der Waals surface area contributed by atoms with Gasteiger partial charge in [-0.3, -0.25) is 0 Å². The van der Waals surface area contributed by atoms with Crippen molar-refractivity contribution in [2.24, 2.45) is 5.92 Å². The summed E-state index contributed by atoms with van der Waals surface area (Å²) in [5.74, 6) is 0.220. The quantitative estimate of drug-likeness (QED) is 0.522. The summed E-state index contributed by atoms with van der Waals surface area (Å²) in [6.45, 7) is 11.1. The molecule has 0 bridgehead atoms. The van der Waals surface area contributed by atoms with Crippen molar-refractivity contribution in [2.45, 2.75) is 53.2 Å². The highest BCUT2D eigenvalue weighted by Crippen LogP contribution is 2.14. The summed E-state index contributed by atoms with van der Waals surface area (Å²) < 4.78 is 5.13. The first-order valence-corrected chi connectivity index (χ1v) is 5.11. The van der Waals surface area contributed by atoms with Gasteiger partial charge in [-0.25, -0.2) is 9.69 Å². The van der Waals surface area contributed by atoms with E-state index >= 15 is 0 Å². The Morgan fingerprint density at radius 1 is 1.33 bits per heavy atom. The molecule has 15 heavy (non-hydrogen) atoms. The van der Waals surface area contributed by atoms with Gasteiger partial charge in [0.2, 0.25) is 0 Å². The molecule has 1 amide bonds. The largest absolute Gasteiger partial charge is 0.443 e. The van der Waals surface area contributed by atoms with Crippen LogP contribution >= 0.6 is 0 Å². The maximum Gasteiger partial charge on any atom is 0.423 e. The van der Waals surface area contributed by atoms with Crippen molar-refractivity contribution in [3.8, 4) is 6.19 Å². The molecule has 86 valence electrons. The molecule has 0 saturated heterocycles. The first kappa shape index (κ1) is 13.8. The van der Waals surface area contributed by atoms with Gasteiger partial charge in [-0.1, -0.05) is 13.8 Å². The predicted octanol–water partition coefficient (Wildman–Crippen LogP) is 2.75. The second kappa shape index (κ2) is 5.01. The Labute approximate surface area is 91.8 Å². The third-order valence-electron chi connectivity index (χ3n) is 2.07. The molecule has 0 aliphatic carbocycles. The minimum Gasteiger partial charge on any atom is -0.443 e. The average molecular weight is 212 g/mol. The third kappa shape index (κ3) is 4.68. The lowest BCUT2D eigenvalue weighted by Crippen LogP contribution is -2.41. The number of ether oxygens (including phenoxy) is 1. The van der Waals surface area contributed by atoms with Crippen LogP contribution in [-0.2, 0) is 4.74 Å². The van der Waals surface area contributed by atoms with Crippen LogP contribution in [0.1, 0.15) is 41.5 Å². The highest BCUT2D eigenvalue weighted by Gasteiger charge is 2.27. The van der Waals surface area contributed by atoms with E-state index in [1.807, 2.05) is 27.0 Å². The van der Waals surface area contributed by atoms with Crippen molar-refractivity contribution in [3.63, 3.8) is 0 Å². The lowest BCUT2D eigenvalue weighted by molar-refractivity contribution is 0.0265. The van der Waals surface area contributed by atoms with Crippen LogP contribution < -0.4 is 0 Å². The smallest absolute Gasteiger partial charge is 0.423 e. The summed E-state index contributed by atoms with van der Waals surface area (Å²) in [4.78, 5) is 12.7. The number of carbonyl (C=O) groups excluding carboxylic acids is 1. The van der Waals surface area contributed by atoms with Crippen LogP contribution in [0.2, 0.25) is 0 Å². The summed E-state index contributed by atoms with van der Waals surface area (Å²) in [6.07, 6.45) is 1.29. The van der Waals surface area contributed by atoms with Crippen molar-refractivity contribution >= 4 is 6.09 Å². The van der Waals surface area contributed by atoms with Crippen molar-refractivity contribution < 1.29 is 9.53 Å². The molecule has 0 aromatic heterocycles. The van der Waals surface area contributed by atoms with Gasteiger partial charge in [0.05, 0.1) is 6.04 Å². The molecule has 4 nitrogen and oxygen atoms in total. The number of hydrogen-bond donors (Lipinski definition) is 0. The van der Waals surface area contributed by atoms with Gasteiger partial charge in [-0.05, 0) is 33.6 Å². The topological polar surface area (TPSA) is 53.3 Å². The van der Waals surface area contributed by atoms with E-state index in [0.29, 0.717) is 0 Å². The molecule has 1 unspecified atom stereocenters. The fourth-order valence-corrected chi connectivity index (χ4v) is 0.907. The Morgan fingerprint density at radius 3 is 2.07 bits per heavy atom. The molecule has 0 aliphatic rings. The van der Waals surface area contributed by atoms with E-state index in [4.69, 9.17) is 10.00 Å². The molecule has 0 spiro atoms. The van der Waals surface area contributed by atoms with Crippen molar-refractivity contribution in [3.05, 3.63) is 0 Å². The fourth-order valence-electron chi connectivity index (χ4n) is 0.907. The van der Waals surface area contributed by atoms with Crippen LogP contribution in [0.4, 0.5) is 4.79 Å². The molecule has 0 heterocycles. The highest BCUT2D eigenvalue weighted by atomic mass is 16.6. The van der Waals surface area contributed by atoms with E-state index in [1.165, 1.54) is 0 Å². The van der Waals surface area contributed by atoms with Crippen LogP contribution in [0.15, 0.2) is 0 Å². The average Bonchev–Trinajstić information content (AvgIpc) is 2.01. The first-order chi connectivity index (χ1) is 6.69. The molecule has 0 aromatic carbocycles. The van der Waals surface area contributed by atoms with E-state index < -0.39 is 11.7 Å². The normalized spacial score (nSPS) is 13.2. The zero-order chi connectivity index (χ0) is 12.2. The Bertz CT molecular complexity index is 261. The predicted molar refractivity (Wildman–Crippen MR) is 58.0 cm³/mol. The second-order valence-corrected chi connectivity index (χ2v) is 4.93. The number of hydrogen-bond acceptors (Lipinski definition) is 3. The Hall–Kier alpha value is -1.24. The van der Waals surface area contributed by atoms with E-state index in [2.05, 4.69) is 0 Å². The minimum absolute atomic E-state index is 0.148. The Morgan fingerprint density at radius 2 is 1.80 bits per heavy atom. The lowest BCUT2D eigenvalue weighted by Gasteiger charge is -2.28. The van der Waals surface area contributed by atoms with Crippen molar-refractivity contribution in [2.75, 3.05) is 0 Å². The molecule has 4 heteroatoms. The molecule has 0 aromatic rings. The SMILES string of the molecule is CC(C)C(C)N(C#N)C(=O)OC(C)(C)C. The molecule has 0 fully saturated rings. The van der Waals surface area contributed by atoms with E-state index in [-0.39, 0.29) is 12.0 Å². The molecule has 0 N–H and O–H groups in total. The van der Waals surface area contributed by atoms with Crippen molar-refractivity contribution in [1.82, 2.24) is 4.90 Å². The van der Waals surface area contributed by atoms with Gasteiger partial charge in [-0.15, -0.1) is 0 Å². The molecule has 0 rings (SSSR count). The number of rotatable bonds is 2. The van der Waals surface area contributed by atoms with Crippen molar-refractivity contribution in [1.29, 1.82) is 5.26 Å². The highest BCUT2D eigenvalue weighted by molar-refractivity contribution is 5.70. The van der Waals surface area contributed by atoms with E-state index in [9.17, 15) is 4.79 Å². The fraction of sp³-hybridized carbons (Fsp3) is 0.818. The van der Waals surface area contributed by atoms with Gasteiger partial charge in [0, 0.05) is 0 Å². The number of carbonyl (C=O) groups is 1. The van der Waals surface area contributed by atoms with Gasteiger partial charge in [0.1, 0.15) is 5.60 Å². The molecule has 1 atom stereocenters. The summed E-state index contributed by atoms with van der Waals surface area (Å²) in [7, 11) is 0. The van der Waals surface area contributed by atoms with Crippen LogP contribution in [0, 0.1) is 17.4 Å². The van der Waals surface area contributed by atoms with E-state index in [0.717, 1.165) is 4.90 Å². The number of amides is 1. The van der Waals surface area contributed by atoms with Gasteiger partial charge < -0.3 is 4.74 Å². The summed E-state index contributed by atoms with van der Waals surface area (Å²) in [5.41, 5.74) is -0.567. The van der Waals surface area contributed by atoms with Crippen LogP contribution in [0.5, 0.6) is 0 Å². The van der Waals surface area contributed by atoms with Crippen LogP contribution in [0.3, 0.4) is 0 Å². The second-order valence-electron chi connectivity index (χ2n) is 4.93. The Balaban J connectivity index is 4.58. The molecule has 0 radical (unpaired) electrons. The van der Waals surface area contributed by atoms with Gasteiger partial charge >= 0.3 is 6.09 Å². The maximum atomic E-state index is 11.6. The maximum absolute atomic E-state index is 11.6. The number of nitriles is 1. The lowest BCUT2D eigenvalue weighted by atomic mass is 10.1. The molecular weight excluding hydrogens is 192 g/mol. The summed E-state index contributed by atoms with van der Waals surface area (Å²) >= 11 is 0. The third-order valence-corrected chi connectivity index (χ3v) is 2.07. The molecular formula is C11H20N2O2.